The fourth-order valence-electron chi connectivity index (χ4n) is 2.00. The van der Waals surface area contributed by atoms with E-state index in [-0.39, 0.29) is 5.97 Å². The third kappa shape index (κ3) is 3.76. The van der Waals surface area contributed by atoms with Gasteiger partial charge in [-0.2, -0.15) is 0 Å². The Bertz CT molecular complexity index is 569. The summed E-state index contributed by atoms with van der Waals surface area (Å²) in [7, 11) is 3.41. The standard InChI is InChI=1S/C15H18N2O2/c1-17(9-7-15(18)19-2)11-12-5-6-14-13(10-12)4-3-8-16-14/h3-6,8,10H,7,9,11H2,1-2H3. The van der Waals surface area contributed by atoms with Crippen LogP contribution in [0, 0.1) is 0 Å². The minimum absolute atomic E-state index is 0.172. The number of ether oxygens (including phenoxy) is 1. The largest absolute Gasteiger partial charge is 0.469 e. The van der Waals surface area contributed by atoms with Gasteiger partial charge in [-0.15, -0.1) is 0 Å². The zero-order valence-electron chi connectivity index (χ0n) is 11.3. The van der Waals surface area contributed by atoms with Gasteiger partial charge in [0.1, 0.15) is 0 Å². The zero-order valence-corrected chi connectivity index (χ0v) is 11.3. The number of methoxy groups -OCH3 is 1. The van der Waals surface area contributed by atoms with Gasteiger partial charge in [0.05, 0.1) is 19.0 Å². The summed E-state index contributed by atoms with van der Waals surface area (Å²) in [6.45, 7) is 1.50. The monoisotopic (exact) mass is 258 g/mol. The highest BCUT2D eigenvalue weighted by Crippen LogP contribution is 2.14. The molecule has 0 saturated carbocycles. The van der Waals surface area contributed by atoms with Crippen molar-refractivity contribution in [2.75, 3.05) is 20.7 Å². The molecule has 0 fully saturated rings. The smallest absolute Gasteiger partial charge is 0.306 e. The summed E-state index contributed by atoms with van der Waals surface area (Å²) in [5.41, 5.74) is 2.22. The normalized spacial score (nSPS) is 10.9. The van der Waals surface area contributed by atoms with Gasteiger partial charge in [0, 0.05) is 24.7 Å². The molecule has 100 valence electrons. The van der Waals surface area contributed by atoms with Crippen LogP contribution < -0.4 is 0 Å². The van der Waals surface area contributed by atoms with Gasteiger partial charge in [0.2, 0.25) is 0 Å². The first-order valence-corrected chi connectivity index (χ1v) is 6.28. The van der Waals surface area contributed by atoms with Crippen LogP contribution in [0.25, 0.3) is 10.9 Å². The van der Waals surface area contributed by atoms with Crippen LogP contribution in [-0.4, -0.2) is 36.6 Å². The van der Waals surface area contributed by atoms with Crippen molar-refractivity contribution < 1.29 is 9.53 Å². The number of benzene rings is 1. The van der Waals surface area contributed by atoms with Crippen LogP contribution in [0.15, 0.2) is 36.5 Å². The quantitative estimate of drug-likeness (QED) is 0.771. The molecule has 1 aromatic heterocycles. The summed E-state index contributed by atoms with van der Waals surface area (Å²) in [4.78, 5) is 17.5. The number of aromatic nitrogens is 1. The van der Waals surface area contributed by atoms with E-state index in [2.05, 4.69) is 32.8 Å². The molecule has 4 nitrogen and oxygen atoms in total. The minimum Gasteiger partial charge on any atom is -0.469 e. The molecular weight excluding hydrogens is 240 g/mol. The van der Waals surface area contributed by atoms with E-state index in [1.54, 1.807) is 6.20 Å². The topological polar surface area (TPSA) is 42.4 Å². The van der Waals surface area contributed by atoms with Gasteiger partial charge < -0.3 is 9.64 Å². The molecule has 2 rings (SSSR count). The van der Waals surface area contributed by atoms with Crippen molar-refractivity contribution in [3.63, 3.8) is 0 Å². The molecule has 0 saturated heterocycles. The fraction of sp³-hybridized carbons (Fsp3) is 0.333. The zero-order chi connectivity index (χ0) is 13.7. The van der Waals surface area contributed by atoms with Crippen LogP contribution in [0.4, 0.5) is 0 Å². The Morgan fingerprint density at radius 1 is 1.37 bits per heavy atom. The Hall–Kier alpha value is -1.94. The predicted molar refractivity (Wildman–Crippen MR) is 74.7 cm³/mol. The second-order valence-corrected chi connectivity index (χ2v) is 4.59. The highest BCUT2D eigenvalue weighted by atomic mass is 16.5. The molecule has 0 spiro atoms. The van der Waals surface area contributed by atoms with E-state index in [9.17, 15) is 4.79 Å². The number of nitrogens with zero attached hydrogens (tertiary/aromatic N) is 2. The Balaban J connectivity index is 1.98. The van der Waals surface area contributed by atoms with Crippen molar-refractivity contribution in [1.82, 2.24) is 9.88 Å². The number of esters is 1. The molecule has 1 aromatic carbocycles. The summed E-state index contributed by atoms with van der Waals surface area (Å²) < 4.78 is 4.63. The van der Waals surface area contributed by atoms with Crippen LogP contribution in [0.2, 0.25) is 0 Å². The van der Waals surface area contributed by atoms with Gasteiger partial charge in [0.15, 0.2) is 0 Å². The number of hydrogen-bond donors (Lipinski definition) is 0. The molecule has 0 N–H and O–H groups in total. The van der Waals surface area contributed by atoms with Crippen molar-refractivity contribution in [2.45, 2.75) is 13.0 Å². The SMILES string of the molecule is COC(=O)CCN(C)Cc1ccc2ncccc2c1. The van der Waals surface area contributed by atoms with E-state index < -0.39 is 0 Å². The highest BCUT2D eigenvalue weighted by molar-refractivity contribution is 5.78. The lowest BCUT2D eigenvalue weighted by molar-refractivity contribution is -0.140. The van der Waals surface area contributed by atoms with Gasteiger partial charge in [-0.3, -0.25) is 9.78 Å². The van der Waals surface area contributed by atoms with Crippen molar-refractivity contribution >= 4 is 16.9 Å². The molecule has 0 bridgehead atoms. The number of carbonyl (C=O) groups is 1. The van der Waals surface area contributed by atoms with E-state index in [1.165, 1.54) is 12.7 Å². The maximum atomic E-state index is 11.1. The second-order valence-electron chi connectivity index (χ2n) is 4.59. The Labute approximate surface area is 113 Å². The maximum absolute atomic E-state index is 11.1. The van der Waals surface area contributed by atoms with Crippen molar-refractivity contribution in [3.8, 4) is 0 Å². The van der Waals surface area contributed by atoms with E-state index in [0.29, 0.717) is 13.0 Å². The van der Waals surface area contributed by atoms with Crippen LogP contribution in [0.3, 0.4) is 0 Å². The summed E-state index contributed by atoms with van der Waals surface area (Å²) in [6, 6.07) is 10.2. The Morgan fingerprint density at radius 3 is 3.00 bits per heavy atom. The Morgan fingerprint density at radius 2 is 2.21 bits per heavy atom. The lowest BCUT2D eigenvalue weighted by Crippen LogP contribution is -2.21. The van der Waals surface area contributed by atoms with Gasteiger partial charge in [-0.05, 0) is 30.8 Å². The summed E-state index contributed by atoms with van der Waals surface area (Å²) >= 11 is 0. The van der Waals surface area contributed by atoms with E-state index >= 15 is 0 Å². The number of pyridine rings is 1. The van der Waals surface area contributed by atoms with Crippen LogP contribution in [-0.2, 0) is 16.1 Å². The molecule has 0 amide bonds. The number of fused-ring (bicyclic) bond motifs is 1. The third-order valence-corrected chi connectivity index (χ3v) is 3.05. The molecular formula is C15H18N2O2. The Kier molecular flexibility index (Phi) is 4.47. The summed E-state index contributed by atoms with van der Waals surface area (Å²) in [5, 5.41) is 1.14. The molecule has 0 aliphatic heterocycles. The van der Waals surface area contributed by atoms with Gasteiger partial charge in [0.25, 0.3) is 0 Å². The molecule has 0 atom stereocenters. The van der Waals surface area contributed by atoms with Gasteiger partial charge in [-0.1, -0.05) is 12.1 Å². The van der Waals surface area contributed by atoms with Crippen molar-refractivity contribution in [2.24, 2.45) is 0 Å². The molecule has 0 unspecified atom stereocenters. The molecule has 19 heavy (non-hydrogen) atoms. The molecule has 2 aromatic rings. The van der Waals surface area contributed by atoms with E-state index in [4.69, 9.17) is 0 Å². The highest BCUT2D eigenvalue weighted by Gasteiger charge is 2.05. The molecule has 0 radical (unpaired) electrons. The number of carbonyl (C=O) groups excluding carboxylic acids is 1. The minimum atomic E-state index is -0.172. The second kappa shape index (κ2) is 6.29. The molecule has 0 aliphatic carbocycles. The molecule has 0 aliphatic rings. The lowest BCUT2D eigenvalue weighted by Gasteiger charge is -2.16. The van der Waals surface area contributed by atoms with Crippen molar-refractivity contribution in [1.29, 1.82) is 0 Å². The predicted octanol–water partition coefficient (Wildman–Crippen LogP) is 2.23. The first kappa shape index (κ1) is 13.5. The molecule has 1 heterocycles. The van der Waals surface area contributed by atoms with Crippen molar-refractivity contribution in [3.05, 3.63) is 42.1 Å². The van der Waals surface area contributed by atoms with E-state index in [1.807, 2.05) is 19.2 Å². The number of hydrogen-bond acceptors (Lipinski definition) is 4. The first-order valence-electron chi connectivity index (χ1n) is 6.28. The van der Waals surface area contributed by atoms with Gasteiger partial charge >= 0.3 is 5.97 Å². The average Bonchev–Trinajstić information content (AvgIpc) is 2.44. The first-order chi connectivity index (χ1) is 9.19. The maximum Gasteiger partial charge on any atom is 0.306 e. The fourth-order valence-corrected chi connectivity index (χ4v) is 2.00. The lowest BCUT2D eigenvalue weighted by atomic mass is 10.1. The summed E-state index contributed by atoms with van der Waals surface area (Å²) in [5.74, 6) is -0.172. The summed E-state index contributed by atoms with van der Waals surface area (Å²) in [6.07, 6.45) is 2.21. The average molecular weight is 258 g/mol. The van der Waals surface area contributed by atoms with Crippen LogP contribution in [0.5, 0.6) is 0 Å². The molecule has 4 heteroatoms. The third-order valence-electron chi connectivity index (χ3n) is 3.05. The number of rotatable bonds is 5. The van der Waals surface area contributed by atoms with E-state index in [0.717, 1.165) is 17.4 Å². The van der Waals surface area contributed by atoms with Gasteiger partial charge in [-0.25, -0.2) is 0 Å². The van der Waals surface area contributed by atoms with Crippen LogP contribution >= 0.6 is 0 Å². The van der Waals surface area contributed by atoms with Crippen LogP contribution in [0.1, 0.15) is 12.0 Å².